The van der Waals surface area contributed by atoms with Crippen molar-refractivity contribution in [3.8, 4) is 0 Å². The zero-order valence-electron chi connectivity index (χ0n) is 16.3. The molecule has 28 heavy (non-hydrogen) atoms. The number of benzene rings is 1. The summed E-state index contributed by atoms with van der Waals surface area (Å²) in [5.41, 5.74) is 2.60. The second-order valence-corrected chi connectivity index (χ2v) is 8.76. The molecule has 0 aliphatic carbocycles. The third-order valence-electron chi connectivity index (χ3n) is 5.52. The molecule has 0 bridgehead atoms. The number of hydrogen-bond acceptors (Lipinski definition) is 5. The quantitative estimate of drug-likeness (QED) is 0.782. The van der Waals surface area contributed by atoms with Gasteiger partial charge in [0.15, 0.2) is 5.69 Å². The molecule has 1 amide bonds. The monoisotopic (exact) mass is 399 g/mol. The van der Waals surface area contributed by atoms with E-state index < -0.39 is 0 Å². The number of carbonyl (C=O) groups excluding carboxylic acids is 1. The summed E-state index contributed by atoms with van der Waals surface area (Å²) in [5, 5.41) is 10.8. The highest BCUT2D eigenvalue weighted by Crippen LogP contribution is 2.17. The van der Waals surface area contributed by atoms with Crippen molar-refractivity contribution in [1.29, 1.82) is 0 Å². The molecule has 2 fully saturated rings. The van der Waals surface area contributed by atoms with E-state index in [1.165, 1.54) is 30.2 Å². The maximum absolute atomic E-state index is 12.5. The Labute approximate surface area is 171 Å². The number of piperidine rings is 1. The molecule has 2 saturated heterocycles. The minimum absolute atomic E-state index is 0.152. The molecular weight excluding hydrogens is 370 g/mol. The molecule has 2 aliphatic rings. The molecule has 7 heteroatoms. The highest BCUT2D eigenvalue weighted by atomic mass is 32.2. The predicted octanol–water partition coefficient (Wildman–Crippen LogP) is 2.65. The average Bonchev–Trinajstić information content (AvgIpc) is 3.25. The fraction of sp³-hybridized carbons (Fsp3) is 0.524. The number of amides is 1. The first-order chi connectivity index (χ1) is 13.8. The molecule has 150 valence electrons. The van der Waals surface area contributed by atoms with Crippen LogP contribution in [-0.4, -0.2) is 64.8 Å². The molecule has 1 atom stereocenters. The molecule has 6 nitrogen and oxygen atoms in total. The van der Waals surface area contributed by atoms with Crippen LogP contribution in [0.2, 0.25) is 0 Å². The summed E-state index contributed by atoms with van der Waals surface area (Å²) < 4.78 is 1.92. The Kier molecular flexibility index (Phi) is 6.67. The maximum Gasteiger partial charge on any atom is 0.276 e. The van der Waals surface area contributed by atoms with Crippen molar-refractivity contribution in [3.63, 3.8) is 0 Å². The van der Waals surface area contributed by atoms with Crippen molar-refractivity contribution < 1.29 is 4.79 Å². The molecule has 3 heterocycles. The van der Waals surface area contributed by atoms with Gasteiger partial charge in [-0.05, 0) is 49.6 Å². The van der Waals surface area contributed by atoms with Crippen LogP contribution < -0.4 is 10.6 Å². The zero-order valence-corrected chi connectivity index (χ0v) is 17.1. The molecule has 2 aliphatic heterocycles. The van der Waals surface area contributed by atoms with E-state index in [0.29, 0.717) is 11.7 Å². The van der Waals surface area contributed by atoms with E-state index in [1.807, 2.05) is 34.8 Å². The summed E-state index contributed by atoms with van der Waals surface area (Å²) in [7, 11) is 0. The Hall–Kier alpha value is -1.83. The number of thioether (sulfide) groups is 1. The zero-order chi connectivity index (χ0) is 19.2. The van der Waals surface area contributed by atoms with Crippen LogP contribution in [0.1, 0.15) is 34.9 Å². The normalized spacial score (nSPS) is 20.8. The minimum atomic E-state index is -0.152. The van der Waals surface area contributed by atoms with Crippen molar-refractivity contribution in [1.82, 2.24) is 20.0 Å². The van der Waals surface area contributed by atoms with Crippen LogP contribution in [-0.2, 0) is 6.42 Å². The Bertz CT molecular complexity index is 763. The van der Waals surface area contributed by atoms with E-state index in [1.54, 1.807) is 6.07 Å². The minimum Gasteiger partial charge on any atom is -0.321 e. The van der Waals surface area contributed by atoms with Crippen LogP contribution in [0.3, 0.4) is 0 Å². The molecular formula is C21H29N5OS. The first kappa shape index (κ1) is 19.5. The number of rotatable bonds is 6. The number of hydrogen-bond donors (Lipinski definition) is 2. The van der Waals surface area contributed by atoms with Gasteiger partial charge in [-0.25, -0.2) is 0 Å². The molecule has 4 rings (SSSR count). The van der Waals surface area contributed by atoms with E-state index in [9.17, 15) is 4.79 Å². The maximum atomic E-state index is 12.5. The van der Waals surface area contributed by atoms with Gasteiger partial charge in [0.1, 0.15) is 0 Å². The summed E-state index contributed by atoms with van der Waals surface area (Å²) in [6.07, 6.45) is 5.22. The van der Waals surface area contributed by atoms with Gasteiger partial charge in [-0.15, -0.1) is 0 Å². The van der Waals surface area contributed by atoms with E-state index in [0.717, 1.165) is 44.6 Å². The average molecular weight is 400 g/mol. The van der Waals surface area contributed by atoms with Crippen LogP contribution in [0.5, 0.6) is 0 Å². The van der Waals surface area contributed by atoms with Crippen molar-refractivity contribution in [2.45, 2.75) is 25.3 Å². The van der Waals surface area contributed by atoms with E-state index >= 15 is 0 Å². The van der Waals surface area contributed by atoms with Gasteiger partial charge >= 0.3 is 0 Å². The molecule has 1 aromatic heterocycles. The van der Waals surface area contributed by atoms with Crippen LogP contribution >= 0.6 is 11.8 Å². The number of nitrogens with zero attached hydrogens (tertiary/aromatic N) is 3. The van der Waals surface area contributed by atoms with Crippen molar-refractivity contribution >= 4 is 23.4 Å². The van der Waals surface area contributed by atoms with E-state index in [2.05, 4.69) is 32.8 Å². The molecule has 1 aromatic carbocycles. The topological polar surface area (TPSA) is 62.2 Å². The lowest BCUT2D eigenvalue weighted by molar-refractivity contribution is 0.102. The highest BCUT2D eigenvalue weighted by Gasteiger charge is 2.18. The Morgan fingerprint density at radius 1 is 1.21 bits per heavy atom. The van der Waals surface area contributed by atoms with Crippen LogP contribution in [0.4, 0.5) is 5.69 Å². The lowest BCUT2D eigenvalue weighted by atomic mass is 10.1. The Morgan fingerprint density at radius 3 is 2.79 bits per heavy atom. The van der Waals surface area contributed by atoms with Gasteiger partial charge in [-0.3, -0.25) is 9.48 Å². The number of carbonyl (C=O) groups is 1. The number of anilines is 1. The largest absolute Gasteiger partial charge is 0.321 e. The van der Waals surface area contributed by atoms with E-state index in [-0.39, 0.29) is 5.91 Å². The second-order valence-electron chi connectivity index (χ2n) is 7.54. The van der Waals surface area contributed by atoms with E-state index in [4.69, 9.17) is 0 Å². The van der Waals surface area contributed by atoms with Gasteiger partial charge in [0.2, 0.25) is 0 Å². The lowest BCUT2D eigenvalue weighted by Crippen LogP contribution is -2.34. The summed E-state index contributed by atoms with van der Waals surface area (Å²) in [6.45, 7) is 5.49. The number of aromatic nitrogens is 2. The highest BCUT2D eigenvalue weighted by molar-refractivity contribution is 7.99. The second kappa shape index (κ2) is 9.58. The van der Waals surface area contributed by atoms with Crippen LogP contribution in [0, 0.1) is 0 Å². The first-order valence-corrected chi connectivity index (χ1v) is 11.4. The van der Waals surface area contributed by atoms with Crippen LogP contribution in [0.25, 0.3) is 0 Å². The van der Waals surface area contributed by atoms with Crippen molar-refractivity contribution in [2.75, 3.05) is 49.5 Å². The van der Waals surface area contributed by atoms with Crippen molar-refractivity contribution in [2.24, 2.45) is 0 Å². The summed E-state index contributed by atoms with van der Waals surface area (Å²) in [5.74, 6) is 2.34. The van der Waals surface area contributed by atoms with Crippen molar-refractivity contribution in [3.05, 3.63) is 47.8 Å². The molecule has 2 aromatic rings. The third kappa shape index (κ3) is 5.16. The summed E-state index contributed by atoms with van der Waals surface area (Å²) >= 11 is 2.04. The van der Waals surface area contributed by atoms with Gasteiger partial charge in [0, 0.05) is 49.6 Å². The standard InChI is InChI=1S/C21H29N5OS/c27-21(20-8-11-26(24-20)19-2-1-9-22-16-19)23-18-5-3-17(4-6-18)7-10-25-12-14-28-15-13-25/h3-6,8,11,19,22H,1-2,7,9-10,12-16H2,(H,23,27). The Morgan fingerprint density at radius 2 is 2.04 bits per heavy atom. The smallest absolute Gasteiger partial charge is 0.276 e. The molecule has 0 saturated carbocycles. The van der Waals surface area contributed by atoms with Gasteiger partial charge in [0.05, 0.1) is 6.04 Å². The fourth-order valence-electron chi connectivity index (χ4n) is 3.78. The molecule has 0 radical (unpaired) electrons. The van der Waals surface area contributed by atoms with Gasteiger partial charge in [-0.2, -0.15) is 16.9 Å². The lowest BCUT2D eigenvalue weighted by Gasteiger charge is -2.26. The Balaban J connectivity index is 1.28. The first-order valence-electron chi connectivity index (χ1n) is 10.2. The molecule has 2 N–H and O–H groups in total. The predicted molar refractivity (Wildman–Crippen MR) is 115 cm³/mol. The fourth-order valence-corrected chi connectivity index (χ4v) is 4.76. The van der Waals surface area contributed by atoms with Crippen LogP contribution in [0.15, 0.2) is 36.5 Å². The molecule has 0 spiro atoms. The SMILES string of the molecule is O=C(Nc1ccc(CCN2CCSCC2)cc1)c1ccn(C2CCCNC2)n1. The summed E-state index contributed by atoms with van der Waals surface area (Å²) in [4.78, 5) is 15.0. The van der Waals surface area contributed by atoms with Gasteiger partial charge in [-0.1, -0.05) is 12.1 Å². The van der Waals surface area contributed by atoms with Gasteiger partial charge in [0.25, 0.3) is 5.91 Å². The van der Waals surface area contributed by atoms with Gasteiger partial charge < -0.3 is 15.5 Å². The molecule has 1 unspecified atom stereocenters. The third-order valence-corrected chi connectivity index (χ3v) is 6.46. The number of nitrogens with one attached hydrogen (secondary N) is 2. The summed E-state index contributed by atoms with van der Waals surface area (Å²) in [6, 6.07) is 10.3.